The SMILES string of the molecule is CC(C)C(N)CCN(C)S(=O)(=O)c1ccccc1OC(F)F.Cl. The molecule has 23 heavy (non-hydrogen) atoms. The van der Waals surface area contributed by atoms with Gasteiger partial charge >= 0.3 is 6.61 Å². The number of hydrogen-bond acceptors (Lipinski definition) is 4. The lowest BCUT2D eigenvalue weighted by molar-refractivity contribution is -0.0517. The van der Waals surface area contributed by atoms with E-state index in [2.05, 4.69) is 4.74 Å². The molecule has 0 bridgehead atoms. The molecule has 0 saturated heterocycles. The molecule has 0 aromatic heterocycles. The number of para-hydroxylation sites is 1. The molecule has 0 saturated carbocycles. The third-order valence-electron chi connectivity index (χ3n) is 3.39. The van der Waals surface area contributed by atoms with E-state index >= 15 is 0 Å². The van der Waals surface area contributed by atoms with E-state index < -0.39 is 16.6 Å². The molecule has 0 radical (unpaired) electrons. The maximum Gasteiger partial charge on any atom is 0.387 e. The Labute approximate surface area is 142 Å². The van der Waals surface area contributed by atoms with E-state index in [1.54, 1.807) is 0 Å². The van der Waals surface area contributed by atoms with Crippen molar-refractivity contribution in [1.29, 1.82) is 0 Å². The van der Waals surface area contributed by atoms with Crippen LogP contribution in [-0.2, 0) is 10.0 Å². The van der Waals surface area contributed by atoms with Gasteiger partial charge in [0.05, 0.1) is 0 Å². The van der Waals surface area contributed by atoms with Crippen LogP contribution in [0.2, 0.25) is 0 Å². The van der Waals surface area contributed by atoms with E-state index in [0.29, 0.717) is 6.42 Å². The average Bonchev–Trinajstić information content (AvgIpc) is 2.43. The summed E-state index contributed by atoms with van der Waals surface area (Å²) >= 11 is 0. The number of hydrogen-bond donors (Lipinski definition) is 1. The summed E-state index contributed by atoms with van der Waals surface area (Å²) in [6, 6.07) is 5.20. The van der Waals surface area contributed by atoms with Crippen molar-refractivity contribution in [2.75, 3.05) is 13.6 Å². The quantitative estimate of drug-likeness (QED) is 0.761. The monoisotopic (exact) mass is 372 g/mol. The van der Waals surface area contributed by atoms with Crippen molar-refractivity contribution in [3.8, 4) is 5.75 Å². The number of halogens is 3. The Morgan fingerprint density at radius 2 is 1.83 bits per heavy atom. The fraction of sp³-hybridized carbons (Fsp3) is 0.571. The predicted octanol–water partition coefficient (Wildman–Crippen LogP) is 2.70. The summed E-state index contributed by atoms with van der Waals surface area (Å²) < 4.78 is 55.1. The minimum atomic E-state index is -3.92. The van der Waals surface area contributed by atoms with Crippen LogP contribution in [0.15, 0.2) is 29.2 Å². The number of benzene rings is 1. The van der Waals surface area contributed by atoms with Gasteiger partial charge in [-0.1, -0.05) is 26.0 Å². The van der Waals surface area contributed by atoms with Gasteiger partial charge in [-0.15, -0.1) is 12.4 Å². The normalized spacial score (nSPS) is 13.3. The molecule has 2 N–H and O–H groups in total. The van der Waals surface area contributed by atoms with Crippen LogP contribution < -0.4 is 10.5 Å². The zero-order chi connectivity index (χ0) is 16.9. The Morgan fingerprint density at radius 1 is 1.26 bits per heavy atom. The average molecular weight is 373 g/mol. The molecule has 0 fully saturated rings. The fourth-order valence-electron chi connectivity index (χ4n) is 1.81. The van der Waals surface area contributed by atoms with Crippen LogP contribution >= 0.6 is 12.4 Å². The van der Waals surface area contributed by atoms with Gasteiger partial charge < -0.3 is 10.5 Å². The van der Waals surface area contributed by atoms with Crippen molar-refractivity contribution < 1.29 is 21.9 Å². The molecule has 0 spiro atoms. The summed E-state index contributed by atoms with van der Waals surface area (Å²) in [4.78, 5) is -0.282. The number of ether oxygens (including phenoxy) is 1. The van der Waals surface area contributed by atoms with Crippen LogP contribution in [0.3, 0.4) is 0 Å². The summed E-state index contributed by atoms with van der Waals surface area (Å²) in [6.07, 6.45) is 0.477. The first-order valence-electron chi connectivity index (χ1n) is 6.92. The molecule has 134 valence electrons. The molecule has 1 unspecified atom stereocenters. The number of sulfonamides is 1. The molecule has 1 atom stereocenters. The van der Waals surface area contributed by atoms with Gasteiger partial charge in [-0.2, -0.15) is 8.78 Å². The van der Waals surface area contributed by atoms with Gasteiger partial charge in [-0.25, -0.2) is 12.7 Å². The summed E-state index contributed by atoms with van der Waals surface area (Å²) in [6.45, 7) is 1.01. The smallest absolute Gasteiger partial charge is 0.387 e. The van der Waals surface area contributed by atoms with Crippen molar-refractivity contribution in [3.05, 3.63) is 24.3 Å². The van der Waals surface area contributed by atoms with Crippen molar-refractivity contribution in [2.45, 2.75) is 37.8 Å². The topological polar surface area (TPSA) is 72.6 Å². The highest BCUT2D eigenvalue weighted by atomic mass is 35.5. The van der Waals surface area contributed by atoms with E-state index in [-0.39, 0.29) is 41.6 Å². The van der Waals surface area contributed by atoms with Crippen molar-refractivity contribution in [3.63, 3.8) is 0 Å². The molecular formula is C14H23ClF2N2O3S. The second kappa shape index (κ2) is 9.36. The summed E-state index contributed by atoms with van der Waals surface area (Å²) in [5.74, 6) is -0.136. The molecule has 9 heteroatoms. The van der Waals surface area contributed by atoms with E-state index in [9.17, 15) is 17.2 Å². The van der Waals surface area contributed by atoms with Crippen LogP contribution in [0.4, 0.5) is 8.78 Å². The zero-order valence-corrected chi connectivity index (χ0v) is 14.9. The highest BCUT2D eigenvalue weighted by Crippen LogP contribution is 2.27. The van der Waals surface area contributed by atoms with E-state index in [0.717, 1.165) is 4.31 Å². The third-order valence-corrected chi connectivity index (χ3v) is 5.28. The van der Waals surface area contributed by atoms with E-state index in [1.807, 2.05) is 13.8 Å². The van der Waals surface area contributed by atoms with Gasteiger partial charge in [0.25, 0.3) is 0 Å². The molecule has 1 aromatic carbocycles. The maximum absolute atomic E-state index is 12.5. The first-order valence-corrected chi connectivity index (χ1v) is 8.36. The number of nitrogens with zero attached hydrogens (tertiary/aromatic N) is 1. The largest absolute Gasteiger partial charge is 0.433 e. The van der Waals surface area contributed by atoms with Crippen molar-refractivity contribution in [2.24, 2.45) is 11.7 Å². The molecule has 0 aliphatic rings. The van der Waals surface area contributed by atoms with Crippen LogP contribution in [0.25, 0.3) is 0 Å². The Bertz CT molecular complexity index is 585. The minimum absolute atomic E-state index is 0. The van der Waals surface area contributed by atoms with Gasteiger partial charge in [0.2, 0.25) is 10.0 Å². The highest BCUT2D eigenvalue weighted by Gasteiger charge is 2.26. The fourth-order valence-corrected chi connectivity index (χ4v) is 3.11. The van der Waals surface area contributed by atoms with Crippen molar-refractivity contribution in [1.82, 2.24) is 4.31 Å². The second-order valence-corrected chi connectivity index (χ2v) is 7.36. The Kier molecular flexibility index (Phi) is 8.97. The lowest BCUT2D eigenvalue weighted by atomic mass is 10.0. The second-order valence-electron chi connectivity index (χ2n) is 5.35. The molecule has 5 nitrogen and oxygen atoms in total. The molecule has 0 amide bonds. The van der Waals surface area contributed by atoms with Crippen LogP contribution in [-0.4, -0.2) is 39.0 Å². The lowest BCUT2D eigenvalue weighted by Crippen LogP contribution is -2.34. The van der Waals surface area contributed by atoms with Crippen LogP contribution in [0.5, 0.6) is 5.75 Å². The number of rotatable bonds is 8. The van der Waals surface area contributed by atoms with Crippen LogP contribution in [0.1, 0.15) is 20.3 Å². The Balaban J connectivity index is 0.00000484. The Morgan fingerprint density at radius 3 is 2.35 bits per heavy atom. The summed E-state index contributed by atoms with van der Waals surface area (Å²) in [5.41, 5.74) is 5.90. The van der Waals surface area contributed by atoms with Gasteiger partial charge in [-0.05, 0) is 24.5 Å². The molecule has 1 aromatic rings. The van der Waals surface area contributed by atoms with Gasteiger partial charge in [0, 0.05) is 19.6 Å². The van der Waals surface area contributed by atoms with E-state index in [1.165, 1.54) is 31.3 Å². The molecule has 1 rings (SSSR count). The molecular weight excluding hydrogens is 350 g/mol. The van der Waals surface area contributed by atoms with Gasteiger partial charge in [0.15, 0.2) is 0 Å². The summed E-state index contributed by atoms with van der Waals surface area (Å²) in [7, 11) is -2.53. The molecule has 0 aliphatic carbocycles. The third kappa shape index (κ3) is 6.21. The molecule has 0 heterocycles. The minimum Gasteiger partial charge on any atom is -0.433 e. The number of nitrogens with two attached hydrogens (primary N) is 1. The van der Waals surface area contributed by atoms with Gasteiger partial charge in [0.1, 0.15) is 10.6 Å². The number of alkyl halides is 2. The summed E-state index contributed by atoms with van der Waals surface area (Å²) in [5, 5.41) is 0. The standard InChI is InChI=1S/C14H22F2N2O3S.ClH/c1-10(2)11(17)8-9-18(3)22(19,20)13-7-5-4-6-12(13)21-14(15)16;/h4-7,10-11,14H,8-9,17H2,1-3H3;1H. The first-order chi connectivity index (χ1) is 10.2. The first kappa shape index (κ1) is 22.0. The Hall–Kier alpha value is -0.960. The van der Waals surface area contributed by atoms with E-state index in [4.69, 9.17) is 5.73 Å². The lowest BCUT2D eigenvalue weighted by Gasteiger charge is -2.22. The zero-order valence-electron chi connectivity index (χ0n) is 13.3. The highest BCUT2D eigenvalue weighted by molar-refractivity contribution is 7.89. The maximum atomic E-state index is 12.5. The van der Waals surface area contributed by atoms with Crippen LogP contribution in [0, 0.1) is 5.92 Å². The predicted molar refractivity (Wildman–Crippen MR) is 87.6 cm³/mol. The van der Waals surface area contributed by atoms with Gasteiger partial charge in [-0.3, -0.25) is 0 Å². The van der Waals surface area contributed by atoms with Crippen molar-refractivity contribution >= 4 is 22.4 Å². The molecule has 0 aliphatic heterocycles.